The van der Waals surface area contributed by atoms with Gasteiger partial charge in [0.05, 0.1) is 12.7 Å². The van der Waals surface area contributed by atoms with Crippen LogP contribution in [0.15, 0.2) is 0 Å². The fraction of sp³-hybridized carbons (Fsp3) is 0.923. The first-order chi connectivity index (χ1) is 7.88. The third kappa shape index (κ3) is 6.03. The molecule has 0 heterocycles. The van der Waals surface area contributed by atoms with Gasteiger partial charge < -0.3 is 15.2 Å². The molecule has 0 amide bonds. The van der Waals surface area contributed by atoms with Gasteiger partial charge in [-0.05, 0) is 25.2 Å². The van der Waals surface area contributed by atoms with Crippen LogP contribution < -0.4 is 5.32 Å². The van der Waals surface area contributed by atoms with Gasteiger partial charge in [-0.1, -0.05) is 27.7 Å². The maximum Gasteiger partial charge on any atom is 0.322 e. The Hall–Kier alpha value is -0.610. The Bertz CT molecular complexity index is 225. The van der Waals surface area contributed by atoms with E-state index in [4.69, 9.17) is 4.74 Å². The Morgan fingerprint density at radius 1 is 1.35 bits per heavy atom. The Balaban J connectivity index is 4.39. The molecule has 0 bridgehead atoms. The molecule has 0 saturated heterocycles. The van der Waals surface area contributed by atoms with E-state index in [1.807, 2.05) is 13.8 Å². The Morgan fingerprint density at radius 3 is 2.24 bits per heavy atom. The normalized spacial score (nSPS) is 13.8. The van der Waals surface area contributed by atoms with E-state index in [1.165, 1.54) is 7.11 Å². The number of nitrogens with one attached hydrogen (secondary N) is 1. The molecule has 0 spiro atoms. The van der Waals surface area contributed by atoms with Gasteiger partial charge in [-0.3, -0.25) is 4.79 Å². The van der Waals surface area contributed by atoms with E-state index >= 15 is 0 Å². The number of carbonyl (C=O) groups excluding carboxylic acids is 1. The van der Waals surface area contributed by atoms with Crippen molar-refractivity contribution in [1.29, 1.82) is 0 Å². The molecule has 0 radical (unpaired) electrons. The van der Waals surface area contributed by atoms with Crippen molar-refractivity contribution in [2.75, 3.05) is 13.7 Å². The van der Waals surface area contributed by atoms with Crippen LogP contribution in [0.5, 0.6) is 0 Å². The minimum Gasteiger partial charge on any atom is -0.468 e. The SMILES string of the molecule is CCC(O)(CC)CNC(CC(C)C)C(=O)OC. The van der Waals surface area contributed by atoms with E-state index in [0.717, 1.165) is 6.42 Å². The van der Waals surface area contributed by atoms with Gasteiger partial charge in [-0.15, -0.1) is 0 Å². The lowest BCUT2D eigenvalue weighted by molar-refractivity contribution is -0.143. The van der Waals surface area contributed by atoms with Gasteiger partial charge >= 0.3 is 5.97 Å². The van der Waals surface area contributed by atoms with Gasteiger partial charge in [0.15, 0.2) is 0 Å². The maximum atomic E-state index is 11.6. The number of aliphatic hydroxyl groups is 1. The predicted molar refractivity (Wildman–Crippen MR) is 68.8 cm³/mol. The molecular weight excluding hydrogens is 218 g/mol. The molecule has 2 N–H and O–H groups in total. The molecule has 1 atom stereocenters. The van der Waals surface area contributed by atoms with Gasteiger partial charge in [-0.25, -0.2) is 0 Å². The summed E-state index contributed by atoms with van der Waals surface area (Å²) in [5.41, 5.74) is -0.733. The fourth-order valence-corrected chi connectivity index (χ4v) is 1.69. The van der Waals surface area contributed by atoms with E-state index in [0.29, 0.717) is 25.3 Å². The molecule has 1 unspecified atom stereocenters. The summed E-state index contributed by atoms with van der Waals surface area (Å²) in [6.45, 7) is 8.43. The minimum atomic E-state index is -0.733. The van der Waals surface area contributed by atoms with Crippen LogP contribution in [-0.4, -0.2) is 36.4 Å². The monoisotopic (exact) mass is 245 g/mol. The number of hydrogen-bond acceptors (Lipinski definition) is 4. The highest BCUT2D eigenvalue weighted by Gasteiger charge is 2.26. The van der Waals surface area contributed by atoms with Crippen LogP contribution in [0.4, 0.5) is 0 Å². The van der Waals surface area contributed by atoms with Crippen LogP contribution in [0.2, 0.25) is 0 Å². The molecule has 0 aromatic carbocycles. The highest BCUT2D eigenvalue weighted by Crippen LogP contribution is 2.14. The molecule has 0 aliphatic carbocycles. The number of carbonyl (C=O) groups is 1. The smallest absolute Gasteiger partial charge is 0.322 e. The first-order valence-corrected chi connectivity index (χ1v) is 6.42. The molecule has 0 aromatic heterocycles. The van der Waals surface area contributed by atoms with Gasteiger partial charge in [0.1, 0.15) is 6.04 Å². The minimum absolute atomic E-state index is 0.256. The molecule has 102 valence electrons. The summed E-state index contributed by atoms with van der Waals surface area (Å²) in [7, 11) is 1.39. The quantitative estimate of drug-likeness (QED) is 0.639. The molecule has 0 saturated carbocycles. The first-order valence-electron chi connectivity index (χ1n) is 6.42. The lowest BCUT2D eigenvalue weighted by Crippen LogP contribution is -2.47. The van der Waals surface area contributed by atoms with Crippen molar-refractivity contribution in [3.8, 4) is 0 Å². The summed E-state index contributed by atoms with van der Waals surface area (Å²) < 4.78 is 4.76. The van der Waals surface area contributed by atoms with Crippen LogP contribution >= 0.6 is 0 Å². The topological polar surface area (TPSA) is 58.6 Å². The molecule has 0 rings (SSSR count). The third-order valence-electron chi connectivity index (χ3n) is 3.19. The van der Waals surface area contributed by atoms with Crippen LogP contribution in [-0.2, 0) is 9.53 Å². The average Bonchev–Trinajstić information content (AvgIpc) is 2.32. The second kappa shape index (κ2) is 7.67. The highest BCUT2D eigenvalue weighted by atomic mass is 16.5. The molecule has 0 aliphatic rings. The second-order valence-corrected chi connectivity index (χ2v) is 5.02. The predicted octanol–water partition coefficient (Wildman–Crippen LogP) is 1.71. The summed E-state index contributed by atoms with van der Waals surface area (Å²) in [4.78, 5) is 11.6. The fourth-order valence-electron chi connectivity index (χ4n) is 1.69. The van der Waals surface area contributed by atoms with E-state index < -0.39 is 5.60 Å². The van der Waals surface area contributed by atoms with Crippen molar-refractivity contribution in [2.24, 2.45) is 5.92 Å². The van der Waals surface area contributed by atoms with Crippen molar-refractivity contribution < 1.29 is 14.6 Å². The number of esters is 1. The summed E-state index contributed by atoms with van der Waals surface area (Å²) >= 11 is 0. The summed E-state index contributed by atoms with van der Waals surface area (Å²) in [5.74, 6) is 0.149. The number of ether oxygens (including phenoxy) is 1. The van der Waals surface area contributed by atoms with E-state index in [1.54, 1.807) is 0 Å². The van der Waals surface area contributed by atoms with Crippen molar-refractivity contribution in [1.82, 2.24) is 5.32 Å². The molecule has 0 fully saturated rings. The van der Waals surface area contributed by atoms with Crippen LogP contribution in [0, 0.1) is 5.92 Å². The number of hydrogen-bond donors (Lipinski definition) is 2. The molecule has 17 heavy (non-hydrogen) atoms. The first kappa shape index (κ1) is 16.4. The Labute approximate surface area is 105 Å². The molecule has 0 aliphatic heterocycles. The molecule has 4 heteroatoms. The van der Waals surface area contributed by atoms with Gasteiger partial charge in [-0.2, -0.15) is 0 Å². The van der Waals surface area contributed by atoms with Gasteiger partial charge in [0.25, 0.3) is 0 Å². The zero-order valence-electron chi connectivity index (χ0n) is 11.7. The standard InChI is InChI=1S/C13H27NO3/c1-6-13(16,7-2)9-14-11(8-10(3)4)12(15)17-5/h10-11,14,16H,6-9H2,1-5H3. The summed E-state index contributed by atoms with van der Waals surface area (Å²) in [5, 5.41) is 13.3. The highest BCUT2D eigenvalue weighted by molar-refractivity contribution is 5.75. The van der Waals surface area contributed by atoms with Gasteiger partial charge in [0.2, 0.25) is 0 Å². The second-order valence-electron chi connectivity index (χ2n) is 5.02. The number of methoxy groups -OCH3 is 1. The Kier molecular flexibility index (Phi) is 7.39. The zero-order valence-corrected chi connectivity index (χ0v) is 11.7. The molecular formula is C13H27NO3. The summed E-state index contributed by atoms with van der Waals surface area (Å²) in [6, 6.07) is -0.329. The van der Waals surface area contributed by atoms with Crippen molar-refractivity contribution in [2.45, 2.75) is 58.6 Å². The van der Waals surface area contributed by atoms with Crippen LogP contribution in [0.1, 0.15) is 47.0 Å². The molecule has 4 nitrogen and oxygen atoms in total. The molecule has 0 aromatic rings. The van der Waals surface area contributed by atoms with E-state index in [-0.39, 0.29) is 12.0 Å². The number of rotatable bonds is 8. The largest absolute Gasteiger partial charge is 0.468 e. The zero-order chi connectivity index (χ0) is 13.5. The van der Waals surface area contributed by atoms with E-state index in [9.17, 15) is 9.90 Å². The Morgan fingerprint density at radius 2 is 1.88 bits per heavy atom. The maximum absolute atomic E-state index is 11.6. The van der Waals surface area contributed by atoms with Crippen molar-refractivity contribution >= 4 is 5.97 Å². The van der Waals surface area contributed by atoms with Gasteiger partial charge in [0, 0.05) is 6.54 Å². The van der Waals surface area contributed by atoms with Crippen molar-refractivity contribution in [3.63, 3.8) is 0 Å². The average molecular weight is 245 g/mol. The van der Waals surface area contributed by atoms with E-state index in [2.05, 4.69) is 19.2 Å². The summed E-state index contributed by atoms with van der Waals surface area (Å²) in [6.07, 6.45) is 2.06. The van der Waals surface area contributed by atoms with Crippen LogP contribution in [0.25, 0.3) is 0 Å². The lowest BCUT2D eigenvalue weighted by atomic mass is 9.96. The van der Waals surface area contributed by atoms with Crippen molar-refractivity contribution in [3.05, 3.63) is 0 Å². The third-order valence-corrected chi connectivity index (χ3v) is 3.19. The lowest BCUT2D eigenvalue weighted by Gasteiger charge is -2.28. The van der Waals surface area contributed by atoms with Crippen LogP contribution in [0.3, 0.4) is 0 Å².